The second-order valence-corrected chi connectivity index (χ2v) is 7.71. The quantitative estimate of drug-likeness (QED) is 0.832. The second-order valence-electron chi connectivity index (χ2n) is 5.18. The van der Waals surface area contributed by atoms with Gasteiger partial charge < -0.3 is 4.74 Å². The van der Waals surface area contributed by atoms with Crippen molar-refractivity contribution in [2.75, 3.05) is 11.8 Å². The minimum absolute atomic E-state index is 0.188. The molecule has 0 spiro atoms. The molecule has 22 heavy (non-hydrogen) atoms. The first kappa shape index (κ1) is 16.8. The molecule has 0 aliphatic rings. The molecule has 2 aromatic carbocycles. The van der Waals surface area contributed by atoms with Crippen molar-refractivity contribution in [2.45, 2.75) is 24.7 Å². The van der Waals surface area contributed by atoms with Gasteiger partial charge in [0.2, 0.25) is 0 Å². The average Bonchev–Trinajstić information content (AvgIpc) is 2.49. The van der Waals surface area contributed by atoms with Gasteiger partial charge >= 0.3 is 0 Å². The number of anilines is 1. The van der Waals surface area contributed by atoms with E-state index in [9.17, 15) is 8.42 Å². The van der Waals surface area contributed by atoms with Crippen LogP contribution in [0.25, 0.3) is 0 Å². The van der Waals surface area contributed by atoms with Crippen molar-refractivity contribution in [2.24, 2.45) is 0 Å². The van der Waals surface area contributed by atoms with Crippen LogP contribution in [0.15, 0.2) is 51.8 Å². The summed E-state index contributed by atoms with van der Waals surface area (Å²) < 4.78 is 33.1. The Bertz CT molecular complexity index is 755. The predicted octanol–water partition coefficient (Wildman–Crippen LogP) is 4.38. The van der Waals surface area contributed by atoms with E-state index in [0.29, 0.717) is 17.4 Å². The molecule has 0 saturated carbocycles. The Morgan fingerprint density at radius 2 is 1.73 bits per heavy atom. The molecule has 0 aromatic heterocycles. The molecule has 0 unspecified atom stereocenters. The van der Waals surface area contributed by atoms with E-state index < -0.39 is 10.0 Å². The van der Waals surface area contributed by atoms with E-state index in [1.54, 1.807) is 18.2 Å². The first-order valence-electron chi connectivity index (χ1n) is 6.80. The molecular weight excluding hydrogens is 366 g/mol. The van der Waals surface area contributed by atoms with Gasteiger partial charge in [0.25, 0.3) is 10.0 Å². The summed E-state index contributed by atoms with van der Waals surface area (Å²) in [5.74, 6) is 0.991. The number of halogens is 1. The highest BCUT2D eigenvalue weighted by atomic mass is 79.9. The monoisotopic (exact) mass is 383 g/mol. The zero-order chi connectivity index (χ0) is 16.3. The lowest BCUT2D eigenvalue weighted by molar-refractivity contribution is 0.414. The maximum Gasteiger partial charge on any atom is 0.261 e. The lowest BCUT2D eigenvalue weighted by Gasteiger charge is -2.12. The van der Waals surface area contributed by atoms with Crippen LogP contribution in [0.2, 0.25) is 0 Å². The smallest absolute Gasteiger partial charge is 0.261 e. The molecule has 0 amide bonds. The second kappa shape index (κ2) is 6.71. The number of methoxy groups -OCH3 is 1. The van der Waals surface area contributed by atoms with Gasteiger partial charge in [-0.2, -0.15) is 0 Å². The minimum Gasteiger partial charge on any atom is -0.497 e. The SMILES string of the molecule is COc1ccc(S(=O)(=O)Nc2ccc(C(C)C)cc2Br)cc1. The van der Waals surface area contributed by atoms with Crippen molar-refractivity contribution in [3.8, 4) is 5.75 Å². The highest BCUT2D eigenvalue weighted by molar-refractivity contribution is 9.10. The number of nitrogens with one attached hydrogen (secondary N) is 1. The summed E-state index contributed by atoms with van der Waals surface area (Å²) in [5, 5.41) is 0. The van der Waals surface area contributed by atoms with E-state index in [-0.39, 0.29) is 4.90 Å². The maximum atomic E-state index is 12.4. The van der Waals surface area contributed by atoms with Crippen LogP contribution in [0, 0.1) is 0 Å². The number of sulfonamides is 1. The van der Waals surface area contributed by atoms with Crippen LogP contribution in [0.1, 0.15) is 25.3 Å². The molecule has 118 valence electrons. The molecule has 0 heterocycles. The van der Waals surface area contributed by atoms with E-state index in [4.69, 9.17) is 4.74 Å². The third-order valence-electron chi connectivity index (χ3n) is 3.27. The summed E-state index contributed by atoms with van der Waals surface area (Å²) in [6.07, 6.45) is 0. The number of hydrogen-bond acceptors (Lipinski definition) is 3. The van der Waals surface area contributed by atoms with E-state index in [1.807, 2.05) is 12.1 Å². The van der Waals surface area contributed by atoms with Gasteiger partial charge in [-0.05, 0) is 63.8 Å². The third-order valence-corrected chi connectivity index (χ3v) is 5.31. The summed E-state index contributed by atoms with van der Waals surface area (Å²) in [7, 11) is -2.09. The fraction of sp³-hybridized carbons (Fsp3) is 0.250. The van der Waals surface area contributed by atoms with E-state index in [1.165, 1.54) is 19.2 Å². The van der Waals surface area contributed by atoms with Crippen LogP contribution in [0.3, 0.4) is 0 Å². The van der Waals surface area contributed by atoms with Crippen molar-refractivity contribution in [3.05, 3.63) is 52.5 Å². The lowest BCUT2D eigenvalue weighted by Crippen LogP contribution is -2.13. The zero-order valence-corrected chi connectivity index (χ0v) is 15.0. The third kappa shape index (κ3) is 3.81. The van der Waals surface area contributed by atoms with E-state index >= 15 is 0 Å². The predicted molar refractivity (Wildman–Crippen MR) is 92.0 cm³/mol. The van der Waals surface area contributed by atoms with Gasteiger partial charge in [0.15, 0.2) is 0 Å². The first-order valence-corrected chi connectivity index (χ1v) is 9.07. The normalized spacial score (nSPS) is 11.5. The maximum absolute atomic E-state index is 12.4. The van der Waals surface area contributed by atoms with Gasteiger partial charge in [-0.25, -0.2) is 8.42 Å². The van der Waals surface area contributed by atoms with Gasteiger partial charge in [0.05, 0.1) is 17.7 Å². The largest absolute Gasteiger partial charge is 0.497 e. The Labute approximate surface area is 139 Å². The molecule has 1 N–H and O–H groups in total. The van der Waals surface area contributed by atoms with Gasteiger partial charge in [-0.15, -0.1) is 0 Å². The van der Waals surface area contributed by atoms with Crippen molar-refractivity contribution < 1.29 is 13.2 Å². The molecule has 0 aliphatic carbocycles. The van der Waals surface area contributed by atoms with Crippen molar-refractivity contribution in [1.82, 2.24) is 0 Å². The average molecular weight is 384 g/mol. The number of benzene rings is 2. The van der Waals surface area contributed by atoms with Crippen LogP contribution in [0.5, 0.6) is 5.75 Å². The van der Waals surface area contributed by atoms with Crippen LogP contribution in [-0.2, 0) is 10.0 Å². The number of rotatable bonds is 5. The Balaban J connectivity index is 2.28. The van der Waals surface area contributed by atoms with Crippen LogP contribution in [-0.4, -0.2) is 15.5 Å². The molecular formula is C16H18BrNO3S. The summed E-state index contributed by atoms with van der Waals surface area (Å²) in [5.41, 5.74) is 1.65. The molecule has 4 nitrogen and oxygen atoms in total. The van der Waals surface area contributed by atoms with E-state index in [0.717, 1.165) is 10.0 Å². The van der Waals surface area contributed by atoms with Crippen LogP contribution >= 0.6 is 15.9 Å². The van der Waals surface area contributed by atoms with E-state index in [2.05, 4.69) is 34.5 Å². The molecule has 0 bridgehead atoms. The molecule has 2 rings (SSSR count). The first-order chi connectivity index (χ1) is 10.3. The highest BCUT2D eigenvalue weighted by Gasteiger charge is 2.16. The Morgan fingerprint density at radius 3 is 2.23 bits per heavy atom. The molecule has 2 aromatic rings. The summed E-state index contributed by atoms with van der Waals surface area (Å²) in [6.45, 7) is 4.17. The molecule has 6 heteroatoms. The summed E-state index contributed by atoms with van der Waals surface area (Å²) >= 11 is 3.42. The van der Waals surface area contributed by atoms with Crippen molar-refractivity contribution in [1.29, 1.82) is 0 Å². The Hall–Kier alpha value is -1.53. The van der Waals surface area contributed by atoms with Gasteiger partial charge in [-0.3, -0.25) is 4.72 Å². The standard InChI is InChI=1S/C16H18BrNO3S/c1-11(2)12-4-9-16(15(17)10-12)18-22(19,20)14-7-5-13(21-3)6-8-14/h4-11,18H,1-3H3. The Morgan fingerprint density at radius 1 is 1.09 bits per heavy atom. The number of hydrogen-bond donors (Lipinski definition) is 1. The molecule has 0 atom stereocenters. The minimum atomic E-state index is -3.63. The fourth-order valence-corrected chi connectivity index (χ4v) is 3.64. The van der Waals surface area contributed by atoms with Gasteiger partial charge in [0.1, 0.15) is 5.75 Å². The van der Waals surface area contributed by atoms with Crippen LogP contribution in [0.4, 0.5) is 5.69 Å². The zero-order valence-electron chi connectivity index (χ0n) is 12.6. The topological polar surface area (TPSA) is 55.4 Å². The van der Waals surface area contributed by atoms with Gasteiger partial charge in [-0.1, -0.05) is 19.9 Å². The summed E-state index contributed by atoms with van der Waals surface area (Å²) in [6, 6.07) is 11.9. The van der Waals surface area contributed by atoms with Crippen molar-refractivity contribution in [3.63, 3.8) is 0 Å². The fourth-order valence-electron chi connectivity index (χ4n) is 1.93. The highest BCUT2D eigenvalue weighted by Crippen LogP contribution is 2.29. The summed E-state index contributed by atoms with van der Waals surface area (Å²) in [4.78, 5) is 0.188. The molecule has 0 radical (unpaired) electrons. The molecule has 0 fully saturated rings. The van der Waals surface area contributed by atoms with Crippen LogP contribution < -0.4 is 9.46 Å². The van der Waals surface area contributed by atoms with Crippen molar-refractivity contribution >= 4 is 31.6 Å². The lowest BCUT2D eigenvalue weighted by atomic mass is 10.0. The van der Waals surface area contributed by atoms with Gasteiger partial charge in [0, 0.05) is 4.47 Å². The molecule has 0 aliphatic heterocycles. The number of ether oxygens (including phenoxy) is 1. The Kier molecular flexibility index (Phi) is 5.13. The molecule has 0 saturated heterocycles.